The molecule has 0 radical (unpaired) electrons. The Labute approximate surface area is 110 Å². The van der Waals surface area contributed by atoms with Gasteiger partial charge in [-0.3, -0.25) is 9.00 Å². The van der Waals surface area contributed by atoms with Crippen LogP contribution in [0.5, 0.6) is 0 Å². The van der Waals surface area contributed by atoms with E-state index < -0.39 is 10.8 Å². The van der Waals surface area contributed by atoms with Crippen LogP contribution in [0.2, 0.25) is 0 Å². The van der Waals surface area contributed by atoms with Gasteiger partial charge in [0.1, 0.15) is 5.75 Å². The monoisotopic (exact) mass is 269 g/mol. The number of aryl methyl sites for hydroxylation is 1. The molecule has 2 N–H and O–H groups in total. The molecule has 1 amide bonds. The Hall–Kier alpha value is -1.20. The largest absolute Gasteiger partial charge is 0.395 e. The summed E-state index contributed by atoms with van der Waals surface area (Å²) < 4.78 is 11.2. The number of aliphatic hydroxyl groups is 1. The van der Waals surface area contributed by atoms with Gasteiger partial charge in [-0.1, -0.05) is 24.3 Å². The molecule has 1 atom stereocenters. The summed E-state index contributed by atoms with van der Waals surface area (Å²) in [6.45, 7) is 2.43. The lowest BCUT2D eigenvalue weighted by atomic mass is 10.1. The highest BCUT2D eigenvalue weighted by Crippen LogP contribution is 2.06. The molecule has 0 saturated carbocycles. The average molecular weight is 269 g/mol. The van der Waals surface area contributed by atoms with Crippen LogP contribution in [0.3, 0.4) is 0 Å². The summed E-state index contributed by atoms with van der Waals surface area (Å²) in [6.07, 6.45) is 0.769. The summed E-state index contributed by atoms with van der Waals surface area (Å²) in [5, 5.41) is 11.3. The van der Waals surface area contributed by atoms with Gasteiger partial charge in [-0.05, 0) is 24.5 Å². The van der Waals surface area contributed by atoms with Gasteiger partial charge in [-0.25, -0.2) is 0 Å². The number of carbonyl (C=O) groups excluding carboxylic acids is 1. The summed E-state index contributed by atoms with van der Waals surface area (Å²) in [6, 6.07) is 8.02. The van der Waals surface area contributed by atoms with Crippen LogP contribution in [0, 0.1) is 6.92 Å². The second kappa shape index (κ2) is 8.00. The van der Waals surface area contributed by atoms with Crippen LogP contribution in [0.25, 0.3) is 0 Å². The van der Waals surface area contributed by atoms with Crippen molar-refractivity contribution in [2.75, 3.05) is 24.7 Å². The third kappa shape index (κ3) is 5.42. The van der Waals surface area contributed by atoms with Crippen LogP contribution >= 0.6 is 0 Å². The van der Waals surface area contributed by atoms with Gasteiger partial charge in [0.05, 0.1) is 6.61 Å². The summed E-state index contributed by atoms with van der Waals surface area (Å²) in [4.78, 5) is 11.4. The normalized spacial score (nSPS) is 12.1. The van der Waals surface area contributed by atoms with Gasteiger partial charge in [-0.15, -0.1) is 0 Å². The van der Waals surface area contributed by atoms with Gasteiger partial charge in [0.2, 0.25) is 5.91 Å². The van der Waals surface area contributed by atoms with E-state index in [0.29, 0.717) is 6.54 Å². The lowest BCUT2D eigenvalue weighted by Crippen LogP contribution is -2.31. The average Bonchev–Trinajstić information content (AvgIpc) is 2.31. The zero-order valence-electron chi connectivity index (χ0n) is 10.5. The van der Waals surface area contributed by atoms with Crippen LogP contribution < -0.4 is 5.32 Å². The maximum Gasteiger partial charge on any atom is 0.232 e. The van der Waals surface area contributed by atoms with Crippen LogP contribution in [0.4, 0.5) is 0 Å². The summed E-state index contributed by atoms with van der Waals surface area (Å²) >= 11 is 0. The number of hydrogen-bond acceptors (Lipinski definition) is 3. The van der Waals surface area contributed by atoms with Crippen molar-refractivity contribution < 1.29 is 14.1 Å². The molecule has 0 unspecified atom stereocenters. The van der Waals surface area contributed by atoms with Crippen molar-refractivity contribution >= 4 is 16.7 Å². The molecule has 0 heterocycles. The molecule has 0 spiro atoms. The molecule has 0 bridgehead atoms. The number of hydrogen-bond donors (Lipinski definition) is 2. The third-order valence-electron chi connectivity index (χ3n) is 2.59. The first-order valence-electron chi connectivity index (χ1n) is 5.90. The standard InChI is InChI=1S/C13H19NO3S/c1-11-4-2-3-5-12(11)6-7-14-13(16)10-18(17)9-8-15/h2-5,15H,6-10H2,1H3,(H,14,16)/t18-/m0/s1. The molecular formula is C13H19NO3S. The predicted octanol–water partition coefficient (Wildman–Crippen LogP) is 0.395. The van der Waals surface area contributed by atoms with Gasteiger partial charge >= 0.3 is 0 Å². The van der Waals surface area contributed by atoms with Gasteiger partial charge in [0, 0.05) is 23.1 Å². The highest BCUT2D eigenvalue weighted by atomic mass is 32.2. The maximum absolute atomic E-state index is 11.4. The fraction of sp³-hybridized carbons (Fsp3) is 0.462. The van der Waals surface area contributed by atoms with Crippen LogP contribution in [-0.2, 0) is 22.0 Å². The first kappa shape index (κ1) is 14.9. The minimum absolute atomic E-state index is 0.0334. The molecule has 0 aromatic heterocycles. The SMILES string of the molecule is Cc1ccccc1CCNC(=O)C[S@@](=O)CCO. The van der Waals surface area contributed by atoms with Crippen LogP contribution in [-0.4, -0.2) is 39.9 Å². The van der Waals surface area contributed by atoms with Crippen LogP contribution in [0.15, 0.2) is 24.3 Å². The minimum Gasteiger partial charge on any atom is -0.395 e. The zero-order chi connectivity index (χ0) is 13.4. The van der Waals surface area contributed by atoms with E-state index in [2.05, 4.69) is 5.32 Å². The lowest BCUT2D eigenvalue weighted by Gasteiger charge is -2.07. The van der Waals surface area contributed by atoms with Crippen molar-refractivity contribution in [1.29, 1.82) is 0 Å². The minimum atomic E-state index is -1.26. The smallest absolute Gasteiger partial charge is 0.232 e. The number of aliphatic hydroxyl groups excluding tert-OH is 1. The Balaban J connectivity index is 2.28. The molecule has 100 valence electrons. The van der Waals surface area contributed by atoms with E-state index in [0.717, 1.165) is 6.42 Å². The van der Waals surface area contributed by atoms with Crippen molar-refractivity contribution in [2.45, 2.75) is 13.3 Å². The van der Waals surface area contributed by atoms with Gasteiger partial charge < -0.3 is 10.4 Å². The molecule has 5 heteroatoms. The van der Waals surface area contributed by atoms with Crippen molar-refractivity contribution in [1.82, 2.24) is 5.32 Å². The molecule has 4 nitrogen and oxygen atoms in total. The van der Waals surface area contributed by atoms with Gasteiger partial charge in [-0.2, -0.15) is 0 Å². The van der Waals surface area contributed by atoms with E-state index in [1.54, 1.807) is 0 Å². The van der Waals surface area contributed by atoms with E-state index in [-0.39, 0.29) is 24.0 Å². The Morgan fingerprint density at radius 3 is 2.78 bits per heavy atom. The molecule has 0 saturated heterocycles. The van der Waals surface area contributed by atoms with Gasteiger partial charge in [0.15, 0.2) is 0 Å². The molecule has 1 rings (SSSR count). The third-order valence-corrected chi connectivity index (χ3v) is 3.81. The number of benzene rings is 1. The van der Waals surface area contributed by atoms with E-state index in [4.69, 9.17) is 5.11 Å². The number of amides is 1. The van der Waals surface area contributed by atoms with E-state index in [1.807, 2.05) is 31.2 Å². The zero-order valence-corrected chi connectivity index (χ0v) is 11.3. The molecule has 1 aromatic carbocycles. The van der Waals surface area contributed by atoms with E-state index in [9.17, 15) is 9.00 Å². The highest BCUT2D eigenvalue weighted by molar-refractivity contribution is 7.85. The fourth-order valence-corrected chi connectivity index (χ4v) is 2.34. The van der Waals surface area contributed by atoms with Crippen molar-refractivity contribution in [3.63, 3.8) is 0 Å². The highest BCUT2D eigenvalue weighted by Gasteiger charge is 2.06. The molecule has 1 aromatic rings. The number of rotatable bonds is 7. The molecule has 0 aliphatic carbocycles. The predicted molar refractivity (Wildman–Crippen MR) is 72.9 cm³/mol. The topological polar surface area (TPSA) is 66.4 Å². The Kier molecular flexibility index (Phi) is 6.60. The Bertz CT molecular complexity index is 420. The first-order valence-corrected chi connectivity index (χ1v) is 7.39. The van der Waals surface area contributed by atoms with Crippen LogP contribution in [0.1, 0.15) is 11.1 Å². The van der Waals surface area contributed by atoms with Gasteiger partial charge in [0.25, 0.3) is 0 Å². The summed E-state index contributed by atoms with van der Waals surface area (Å²) in [5.74, 6) is -0.102. The second-order valence-corrected chi connectivity index (χ2v) is 5.61. The fourth-order valence-electron chi connectivity index (χ4n) is 1.60. The summed E-state index contributed by atoms with van der Waals surface area (Å²) in [7, 11) is -1.26. The Morgan fingerprint density at radius 2 is 2.11 bits per heavy atom. The molecule has 18 heavy (non-hydrogen) atoms. The van der Waals surface area contributed by atoms with Crippen molar-refractivity contribution in [2.24, 2.45) is 0 Å². The first-order chi connectivity index (χ1) is 8.63. The summed E-state index contributed by atoms with van der Waals surface area (Å²) in [5.41, 5.74) is 2.41. The molecular weight excluding hydrogens is 250 g/mol. The van der Waals surface area contributed by atoms with Crippen molar-refractivity contribution in [3.8, 4) is 0 Å². The second-order valence-electron chi connectivity index (χ2n) is 4.04. The quantitative estimate of drug-likeness (QED) is 0.753. The number of nitrogens with one attached hydrogen (secondary N) is 1. The maximum atomic E-state index is 11.4. The Morgan fingerprint density at radius 1 is 1.39 bits per heavy atom. The molecule has 0 aliphatic heterocycles. The molecule has 0 fully saturated rings. The molecule has 0 aliphatic rings. The number of carbonyl (C=O) groups is 1. The van der Waals surface area contributed by atoms with E-state index >= 15 is 0 Å². The lowest BCUT2D eigenvalue weighted by molar-refractivity contribution is -0.118. The van der Waals surface area contributed by atoms with Crippen molar-refractivity contribution in [3.05, 3.63) is 35.4 Å². The van der Waals surface area contributed by atoms with E-state index in [1.165, 1.54) is 11.1 Å².